The molecule has 122 valence electrons. The summed E-state index contributed by atoms with van der Waals surface area (Å²) in [5, 5.41) is 17.8. The van der Waals surface area contributed by atoms with E-state index in [1.54, 1.807) is 4.90 Å². The van der Waals surface area contributed by atoms with Crippen molar-refractivity contribution in [2.24, 2.45) is 0 Å². The number of nitrogens with one attached hydrogen (secondary N) is 1. The highest BCUT2D eigenvalue weighted by Gasteiger charge is 2.23. The number of fused-ring (bicyclic) bond motifs is 1. The van der Waals surface area contributed by atoms with Gasteiger partial charge in [-0.2, -0.15) is 4.98 Å². The van der Waals surface area contributed by atoms with Crippen LogP contribution in [0.2, 0.25) is 0 Å². The number of aromatic amines is 1. The Morgan fingerprint density at radius 3 is 2.52 bits per heavy atom. The maximum absolute atomic E-state index is 12.2. The first-order chi connectivity index (χ1) is 11.0. The summed E-state index contributed by atoms with van der Waals surface area (Å²) in [5.74, 6) is -0.786. The molecule has 3 heterocycles. The second kappa shape index (κ2) is 5.59. The lowest BCUT2D eigenvalue weighted by Crippen LogP contribution is -2.49. The number of aromatic nitrogens is 4. The molecule has 1 aliphatic rings. The van der Waals surface area contributed by atoms with Crippen molar-refractivity contribution in [1.82, 2.24) is 24.4 Å². The molecule has 3 N–H and O–H groups in total. The van der Waals surface area contributed by atoms with Crippen LogP contribution in [-0.4, -0.2) is 72.9 Å². The van der Waals surface area contributed by atoms with Crippen LogP contribution >= 0.6 is 0 Å². The zero-order chi connectivity index (χ0) is 16.6. The van der Waals surface area contributed by atoms with Crippen molar-refractivity contribution in [3.8, 4) is 0 Å². The van der Waals surface area contributed by atoms with Gasteiger partial charge in [0.05, 0.1) is 6.33 Å². The Morgan fingerprint density at radius 2 is 1.91 bits per heavy atom. The van der Waals surface area contributed by atoms with Gasteiger partial charge in [0, 0.05) is 26.2 Å². The molecule has 1 fully saturated rings. The fourth-order valence-electron chi connectivity index (χ4n) is 2.50. The lowest BCUT2D eigenvalue weighted by Gasteiger charge is -2.33. The molecule has 0 atom stereocenters. The standard InChI is InChI=1S/C12H14N6O5/c19-7(20)5-18-6-13-9-8(18)10(21)15-11(14-9)16-1-3-17(4-2-16)12(22)23/h6H,1-5H2,(H,19,20)(H,22,23)(H,14,15,21). The molecule has 11 nitrogen and oxygen atoms in total. The van der Waals surface area contributed by atoms with Crippen molar-refractivity contribution in [1.29, 1.82) is 0 Å². The molecule has 0 unspecified atom stereocenters. The van der Waals surface area contributed by atoms with E-state index >= 15 is 0 Å². The SMILES string of the molecule is O=C(O)Cn1cnc2nc(N3CCN(C(=O)O)CC3)[nH]c(=O)c21. The summed E-state index contributed by atoms with van der Waals surface area (Å²) in [6.07, 6.45) is 0.279. The van der Waals surface area contributed by atoms with Crippen molar-refractivity contribution in [2.75, 3.05) is 31.1 Å². The van der Waals surface area contributed by atoms with Gasteiger partial charge in [-0.1, -0.05) is 0 Å². The van der Waals surface area contributed by atoms with Crippen molar-refractivity contribution >= 4 is 29.2 Å². The van der Waals surface area contributed by atoms with Gasteiger partial charge in [0.15, 0.2) is 11.2 Å². The minimum atomic E-state index is -1.09. The highest BCUT2D eigenvalue weighted by molar-refractivity contribution is 5.74. The summed E-state index contributed by atoms with van der Waals surface area (Å²) in [7, 11) is 0. The van der Waals surface area contributed by atoms with Crippen LogP contribution in [0, 0.1) is 0 Å². The van der Waals surface area contributed by atoms with Crippen LogP contribution in [0.5, 0.6) is 0 Å². The number of imidazole rings is 1. The van der Waals surface area contributed by atoms with E-state index < -0.39 is 17.6 Å². The topological polar surface area (TPSA) is 145 Å². The Balaban J connectivity index is 1.88. The number of rotatable bonds is 3. The summed E-state index contributed by atoms with van der Waals surface area (Å²) >= 11 is 0. The van der Waals surface area contributed by atoms with Gasteiger partial charge in [0.25, 0.3) is 5.56 Å². The average molecular weight is 322 g/mol. The van der Waals surface area contributed by atoms with Crippen molar-refractivity contribution < 1.29 is 19.8 Å². The number of nitrogens with zero attached hydrogens (tertiary/aromatic N) is 5. The number of amides is 1. The Kier molecular flexibility index (Phi) is 3.60. The van der Waals surface area contributed by atoms with Gasteiger partial charge in [-0.25, -0.2) is 9.78 Å². The predicted molar refractivity (Wildman–Crippen MR) is 77.6 cm³/mol. The number of piperazine rings is 1. The van der Waals surface area contributed by atoms with Gasteiger partial charge in [-0.15, -0.1) is 0 Å². The summed E-state index contributed by atoms with van der Waals surface area (Å²) in [5.41, 5.74) is -0.226. The third kappa shape index (κ3) is 2.80. The first kappa shape index (κ1) is 14.8. The van der Waals surface area contributed by atoms with Crippen LogP contribution in [0.3, 0.4) is 0 Å². The number of anilines is 1. The van der Waals surface area contributed by atoms with Gasteiger partial charge in [-0.05, 0) is 0 Å². The molecule has 2 aromatic rings. The molecule has 0 spiro atoms. The number of carboxylic acids is 1. The number of hydrogen-bond donors (Lipinski definition) is 3. The summed E-state index contributed by atoms with van der Waals surface area (Å²) in [6, 6.07) is 0. The van der Waals surface area contributed by atoms with Crippen LogP contribution in [0.4, 0.5) is 10.7 Å². The fourth-order valence-corrected chi connectivity index (χ4v) is 2.50. The number of aliphatic carboxylic acids is 1. The van der Waals surface area contributed by atoms with Crippen LogP contribution in [0.1, 0.15) is 0 Å². The van der Waals surface area contributed by atoms with E-state index in [4.69, 9.17) is 10.2 Å². The highest BCUT2D eigenvalue weighted by atomic mass is 16.4. The quantitative estimate of drug-likeness (QED) is 0.653. The second-order valence-electron chi connectivity index (χ2n) is 5.08. The Labute approximate surface area is 128 Å². The van der Waals surface area contributed by atoms with E-state index in [1.807, 2.05) is 0 Å². The minimum Gasteiger partial charge on any atom is -0.480 e. The summed E-state index contributed by atoms with van der Waals surface area (Å²) < 4.78 is 1.22. The first-order valence-corrected chi connectivity index (χ1v) is 6.85. The van der Waals surface area contributed by atoms with Crippen LogP contribution < -0.4 is 10.5 Å². The number of H-pyrrole nitrogens is 1. The van der Waals surface area contributed by atoms with E-state index in [1.165, 1.54) is 15.8 Å². The molecule has 0 radical (unpaired) electrons. The van der Waals surface area contributed by atoms with Gasteiger partial charge in [-0.3, -0.25) is 14.6 Å². The molecule has 0 saturated carbocycles. The smallest absolute Gasteiger partial charge is 0.407 e. The molecule has 1 amide bonds. The normalized spacial score (nSPS) is 15.1. The molecule has 2 aromatic heterocycles. The van der Waals surface area contributed by atoms with Crippen LogP contribution in [-0.2, 0) is 11.3 Å². The zero-order valence-electron chi connectivity index (χ0n) is 12.0. The van der Waals surface area contributed by atoms with Crippen LogP contribution in [0.15, 0.2) is 11.1 Å². The molecular weight excluding hydrogens is 308 g/mol. The van der Waals surface area contributed by atoms with E-state index in [9.17, 15) is 14.4 Å². The summed E-state index contributed by atoms with van der Waals surface area (Å²) in [4.78, 5) is 47.7. The Bertz CT molecular complexity index is 819. The van der Waals surface area contributed by atoms with E-state index in [0.29, 0.717) is 32.1 Å². The second-order valence-corrected chi connectivity index (χ2v) is 5.08. The first-order valence-electron chi connectivity index (χ1n) is 6.85. The van der Waals surface area contributed by atoms with Gasteiger partial charge in [0.1, 0.15) is 6.54 Å². The molecule has 0 aromatic carbocycles. The zero-order valence-corrected chi connectivity index (χ0v) is 12.0. The van der Waals surface area contributed by atoms with Crippen molar-refractivity contribution in [3.63, 3.8) is 0 Å². The number of hydrogen-bond acceptors (Lipinski definition) is 6. The predicted octanol–water partition coefficient (Wildman–Crippen LogP) is -0.996. The maximum Gasteiger partial charge on any atom is 0.407 e. The molecule has 0 aliphatic carbocycles. The van der Waals surface area contributed by atoms with E-state index in [-0.39, 0.29) is 17.7 Å². The van der Waals surface area contributed by atoms with E-state index in [2.05, 4.69) is 15.0 Å². The monoisotopic (exact) mass is 322 g/mol. The molecule has 23 heavy (non-hydrogen) atoms. The Morgan fingerprint density at radius 1 is 1.22 bits per heavy atom. The van der Waals surface area contributed by atoms with Crippen LogP contribution in [0.25, 0.3) is 11.2 Å². The highest BCUT2D eigenvalue weighted by Crippen LogP contribution is 2.13. The average Bonchev–Trinajstić information content (AvgIpc) is 2.90. The molecule has 1 aliphatic heterocycles. The number of carbonyl (C=O) groups is 2. The van der Waals surface area contributed by atoms with Crippen molar-refractivity contribution in [3.05, 3.63) is 16.7 Å². The lowest BCUT2D eigenvalue weighted by molar-refractivity contribution is -0.137. The molecule has 0 bridgehead atoms. The summed E-state index contributed by atoms with van der Waals surface area (Å²) in [6.45, 7) is 1.04. The molecular formula is C12H14N6O5. The largest absolute Gasteiger partial charge is 0.480 e. The molecule has 3 rings (SSSR count). The lowest BCUT2D eigenvalue weighted by atomic mass is 10.3. The maximum atomic E-state index is 12.2. The molecule has 11 heteroatoms. The third-order valence-electron chi connectivity index (χ3n) is 3.63. The van der Waals surface area contributed by atoms with Crippen molar-refractivity contribution in [2.45, 2.75) is 6.54 Å². The fraction of sp³-hybridized carbons (Fsp3) is 0.417. The molecule has 1 saturated heterocycles. The van der Waals surface area contributed by atoms with Gasteiger partial charge < -0.3 is 24.6 Å². The number of carboxylic acid groups (broad SMARTS) is 2. The third-order valence-corrected chi connectivity index (χ3v) is 3.63. The van der Waals surface area contributed by atoms with Gasteiger partial charge >= 0.3 is 12.1 Å². The minimum absolute atomic E-state index is 0.0975. The Hall–Kier alpha value is -3.11. The van der Waals surface area contributed by atoms with E-state index in [0.717, 1.165) is 0 Å². The van der Waals surface area contributed by atoms with Gasteiger partial charge in [0.2, 0.25) is 5.95 Å².